The molecule has 0 spiro atoms. The van der Waals surface area contributed by atoms with Gasteiger partial charge in [-0.1, -0.05) is 188 Å². The molecule has 0 unspecified atom stereocenters. The van der Waals surface area contributed by atoms with Gasteiger partial charge < -0.3 is 9.32 Å². The van der Waals surface area contributed by atoms with Crippen molar-refractivity contribution in [1.82, 2.24) is 0 Å². The van der Waals surface area contributed by atoms with Crippen molar-refractivity contribution >= 4 is 49.8 Å². The zero-order valence-electron chi connectivity index (χ0n) is 48.6. The Morgan fingerprint density at radius 2 is 0.883 bits per heavy atom. The van der Waals surface area contributed by atoms with Gasteiger partial charge in [-0.05, 0) is 109 Å². The van der Waals surface area contributed by atoms with Gasteiger partial charge in [0.1, 0.15) is 11.2 Å². The topological polar surface area (TPSA) is 16.4 Å². The first kappa shape index (κ1) is 21.7. The number of benzene rings is 10. The highest BCUT2D eigenvalue weighted by atomic mass is 16.3. The second-order valence-corrected chi connectivity index (χ2v) is 14.0. The molecule has 11 rings (SSSR count). The standard InChI is InChI=1S/C58H39NO/c1-3-11-40(12-4-1)42-21-25-44(26-22-42)46-29-34-50(35-30-46)59(51-36-31-47(32-37-51)45-27-23-43(24-28-45)41-13-5-2-6-14-41)52-17-9-16-49(39-52)53-19-10-20-56-57(53)55-38-33-48-15-7-8-18-54(48)58(55)60-56/h1-39H/i1D,3D,4D,11D,12D,21D,22D,25D,26D,29D,30D,31D,32D,34D,35D,36D,37D. The predicted molar refractivity (Wildman–Crippen MR) is 253 cm³/mol. The fourth-order valence-electron chi connectivity index (χ4n) is 7.48. The molecule has 0 atom stereocenters. The second-order valence-electron chi connectivity index (χ2n) is 14.0. The number of anilines is 3. The van der Waals surface area contributed by atoms with Gasteiger partial charge in [0.2, 0.25) is 0 Å². The van der Waals surface area contributed by atoms with E-state index in [9.17, 15) is 11.0 Å². The molecule has 60 heavy (non-hydrogen) atoms. The van der Waals surface area contributed by atoms with Gasteiger partial charge in [-0.15, -0.1) is 0 Å². The number of hydrogen-bond donors (Lipinski definition) is 0. The Morgan fingerprint density at radius 3 is 1.57 bits per heavy atom. The van der Waals surface area contributed by atoms with Crippen molar-refractivity contribution in [1.29, 1.82) is 0 Å². The average Bonchev–Trinajstić information content (AvgIpc) is 3.86. The third kappa shape index (κ3) is 6.51. The van der Waals surface area contributed by atoms with Crippen LogP contribution in [0.15, 0.2) is 241 Å². The summed E-state index contributed by atoms with van der Waals surface area (Å²) in [5.41, 5.74) is 1.17. The van der Waals surface area contributed by atoms with E-state index in [1.54, 1.807) is 30.3 Å². The van der Waals surface area contributed by atoms with Crippen molar-refractivity contribution in [3.05, 3.63) is 236 Å². The number of furan rings is 1. The lowest BCUT2D eigenvalue weighted by Crippen LogP contribution is -2.10. The Morgan fingerprint density at radius 1 is 0.350 bits per heavy atom. The molecule has 0 radical (unpaired) electrons. The largest absolute Gasteiger partial charge is 0.455 e. The SMILES string of the molecule is [2H]c1c([2H])c([2H])c(-c2c([2H])c([2H])c(-c3c([2H])c([2H])c(N(c4cccc(-c5cccc6oc7c8ccccc8ccc7c56)c4)c4c([2H])c([2H])c(-c5ccc(-c6ccccc6)cc5)c([2H])c4[2H])c([2H])c3[2H])c([2H])c2[2H])c([2H])c1[2H]. The molecule has 2 heteroatoms. The third-order valence-electron chi connectivity index (χ3n) is 10.4. The Labute approximate surface area is 373 Å². The summed E-state index contributed by atoms with van der Waals surface area (Å²) < 4.78 is 161. The van der Waals surface area contributed by atoms with Gasteiger partial charge in [0.15, 0.2) is 0 Å². The number of hydrogen-bond acceptors (Lipinski definition) is 2. The van der Waals surface area contributed by atoms with E-state index in [0.717, 1.165) is 37.6 Å². The van der Waals surface area contributed by atoms with Gasteiger partial charge in [-0.25, -0.2) is 0 Å². The lowest BCUT2D eigenvalue weighted by atomic mass is 9.97. The van der Waals surface area contributed by atoms with E-state index in [4.69, 9.17) is 16.8 Å². The minimum atomic E-state index is -0.883. The Balaban J connectivity index is 1.14. The molecule has 0 N–H and O–H groups in total. The predicted octanol–water partition coefficient (Wildman–Crippen LogP) is 16.5. The van der Waals surface area contributed by atoms with E-state index in [0.29, 0.717) is 27.9 Å². The maximum absolute atomic E-state index is 9.69. The van der Waals surface area contributed by atoms with Crippen molar-refractivity contribution in [2.75, 3.05) is 4.90 Å². The summed E-state index contributed by atoms with van der Waals surface area (Å²) in [6, 6.07) is 27.8. The van der Waals surface area contributed by atoms with Gasteiger partial charge in [-0.3, -0.25) is 0 Å². The molecule has 10 aromatic carbocycles. The molecule has 1 aromatic heterocycles. The smallest absolute Gasteiger partial charge is 0.143 e. The van der Waals surface area contributed by atoms with Crippen LogP contribution in [-0.2, 0) is 0 Å². The van der Waals surface area contributed by atoms with Crippen LogP contribution in [0.2, 0.25) is 0 Å². The van der Waals surface area contributed by atoms with Crippen LogP contribution in [-0.4, -0.2) is 0 Å². The van der Waals surface area contributed by atoms with Gasteiger partial charge in [-0.2, -0.15) is 0 Å². The first-order chi connectivity index (χ1) is 36.8. The van der Waals surface area contributed by atoms with E-state index in [1.165, 1.54) is 0 Å². The molecule has 1 heterocycles. The van der Waals surface area contributed by atoms with E-state index in [2.05, 4.69) is 0 Å². The first-order valence-corrected chi connectivity index (χ1v) is 19.1. The molecule has 0 fully saturated rings. The second kappa shape index (κ2) is 15.1. The van der Waals surface area contributed by atoms with Gasteiger partial charge in [0.05, 0.1) is 23.3 Å². The number of fused-ring (bicyclic) bond motifs is 5. The van der Waals surface area contributed by atoms with Crippen molar-refractivity contribution in [3.63, 3.8) is 0 Å². The van der Waals surface area contributed by atoms with E-state index >= 15 is 0 Å². The number of rotatable bonds is 8. The molecular formula is C58H39NO. The first-order valence-electron chi connectivity index (χ1n) is 27.6. The fourth-order valence-corrected chi connectivity index (χ4v) is 7.48. The van der Waals surface area contributed by atoms with Crippen LogP contribution in [0.25, 0.3) is 88.3 Å². The molecule has 0 saturated heterocycles. The number of nitrogens with zero attached hydrogens (tertiary/aromatic N) is 1. The maximum atomic E-state index is 9.69. The highest BCUT2D eigenvalue weighted by Crippen LogP contribution is 2.43. The Hall–Kier alpha value is -7.94. The van der Waals surface area contributed by atoms with Crippen LogP contribution < -0.4 is 4.90 Å². The lowest BCUT2D eigenvalue weighted by molar-refractivity contribution is 0.673. The van der Waals surface area contributed by atoms with Crippen LogP contribution in [0, 0.1) is 0 Å². The zero-order valence-corrected chi connectivity index (χ0v) is 31.6. The molecule has 0 aliphatic carbocycles. The quantitative estimate of drug-likeness (QED) is 0.153. The van der Waals surface area contributed by atoms with Crippen LogP contribution in [0.3, 0.4) is 0 Å². The summed E-state index contributed by atoms with van der Waals surface area (Å²) in [6.45, 7) is 0. The van der Waals surface area contributed by atoms with Crippen molar-refractivity contribution in [2.45, 2.75) is 0 Å². The molecule has 0 amide bonds. The Kier molecular flexibility index (Phi) is 5.46. The molecule has 0 aliphatic heterocycles. The summed E-state index contributed by atoms with van der Waals surface area (Å²) in [5.74, 6) is 0. The van der Waals surface area contributed by atoms with E-state index in [1.807, 2.05) is 103 Å². The summed E-state index contributed by atoms with van der Waals surface area (Å²) in [4.78, 5) is 1.13. The minimum absolute atomic E-state index is 0.0339. The van der Waals surface area contributed by atoms with E-state index < -0.39 is 136 Å². The summed E-state index contributed by atoms with van der Waals surface area (Å²) in [5, 5.41) is 3.45. The third-order valence-corrected chi connectivity index (χ3v) is 10.4. The molecule has 0 aliphatic rings. The zero-order chi connectivity index (χ0) is 54.6. The molecule has 2 nitrogen and oxygen atoms in total. The highest BCUT2D eigenvalue weighted by Gasteiger charge is 2.18. The summed E-state index contributed by atoms with van der Waals surface area (Å²) >= 11 is 0. The Bertz CT molecular complexity index is 4190. The summed E-state index contributed by atoms with van der Waals surface area (Å²) in [6.07, 6.45) is 0. The van der Waals surface area contributed by atoms with E-state index in [-0.39, 0.29) is 11.3 Å². The van der Waals surface area contributed by atoms with Crippen LogP contribution in [0.4, 0.5) is 17.1 Å². The van der Waals surface area contributed by atoms with Crippen molar-refractivity contribution in [2.24, 2.45) is 0 Å². The van der Waals surface area contributed by atoms with Gasteiger partial charge >= 0.3 is 0 Å². The molecule has 11 aromatic rings. The van der Waals surface area contributed by atoms with Gasteiger partial charge in [0.25, 0.3) is 0 Å². The molecular weight excluding hydrogens is 727 g/mol. The van der Waals surface area contributed by atoms with Crippen LogP contribution in [0.1, 0.15) is 23.3 Å². The van der Waals surface area contributed by atoms with Crippen molar-refractivity contribution in [3.8, 4) is 55.6 Å². The van der Waals surface area contributed by atoms with Crippen LogP contribution in [0.5, 0.6) is 0 Å². The normalized spacial score (nSPS) is 15.3. The monoisotopic (exact) mass is 782 g/mol. The highest BCUT2D eigenvalue weighted by molar-refractivity contribution is 6.19. The minimum Gasteiger partial charge on any atom is -0.455 e. The van der Waals surface area contributed by atoms with Gasteiger partial charge in [0, 0.05) is 33.2 Å². The molecule has 0 saturated carbocycles. The van der Waals surface area contributed by atoms with Crippen LogP contribution >= 0.6 is 0 Å². The molecule has 282 valence electrons. The summed E-state index contributed by atoms with van der Waals surface area (Å²) in [7, 11) is 0. The average molecular weight is 783 g/mol. The van der Waals surface area contributed by atoms with Crippen molar-refractivity contribution < 1.29 is 27.7 Å². The fraction of sp³-hybridized carbons (Fsp3) is 0. The molecule has 0 bridgehead atoms. The lowest BCUT2D eigenvalue weighted by Gasteiger charge is -2.26. The maximum Gasteiger partial charge on any atom is 0.143 e.